The number of ether oxygens (including phenoxy) is 1. The molecular weight excluding hydrogens is 266 g/mol. The summed E-state index contributed by atoms with van der Waals surface area (Å²) in [4.78, 5) is 15.0. The zero-order valence-corrected chi connectivity index (χ0v) is 11.8. The molecular formula is C16H17N3O2. The molecule has 0 saturated carbocycles. The quantitative estimate of drug-likeness (QED) is 0.846. The highest BCUT2D eigenvalue weighted by atomic mass is 16.5. The van der Waals surface area contributed by atoms with Gasteiger partial charge in [0.15, 0.2) is 0 Å². The number of carbonyl (C=O) groups is 1. The summed E-state index contributed by atoms with van der Waals surface area (Å²) in [6.45, 7) is 0. The number of fused-ring (bicyclic) bond motifs is 3. The molecule has 1 unspecified atom stereocenters. The summed E-state index contributed by atoms with van der Waals surface area (Å²) in [5.41, 5.74) is 3.31. The molecule has 0 spiro atoms. The molecule has 1 aromatic carbocycles. The summed E-state index contributed by atoms with van der Waals surface area (Å²) in [6, 6.07) is 10.2. The van der Waals surface area contributed by atoms with Crippen LogP contribution in [0.2, 0.25) is 0 Å². The van der Waals surface area contributed by atoms with Gasteiger partial charge >= 0.3 is 5.97 Å². The fourth-order valence-corrected chi connectivity index (χ4v) is 3.06. The summed E-state index contributed by atoms with van der Waals surface area (Å²) in [6.07, 6.45) is 1.49. The molecule has 1 aromatic heterocycles. The number of carbonyl (C=O) groups excluding carboxylic acids is 1. The number of nitriles is 1. The van der Waals surface area contributed by atoms with Gasteiger partial charge in [0.05, 0.1) is 32.1 Å². The minimum atomic E-state index is -0.255. The van der Waals surface area contributed by atoms with Crippen LogP contribution in [-0.4, -0.2) is 24.1 Å². The third kappa shape index (κ3) is 2.50. The number of nitrogens with one attached hydrogen (secondary N) is 2. The highest BCUT2D eigenvalue weighted by Crippen LogP contribution is 2.33. The van der Waals surface area contributed by atoms with Crippen molar-refractivity contribution < 1.29 is 9.53 Å². The number of benzene rings is 1. The molecule has 2 heterocycles. The lowest BCUT2D eigenvalue weighted by Gasteiger charge is -2.29. The van der Waals surface area contributed by atoms with Crippen LogP contribution in [0.4, 0.5) is 0 Å². The van der Waals surface area contributed by atoms with Gasteiger partial charge < -0.3 is 15.0 Å². The molecule has 21 heavy (non-hydrogen) atoms. The van der Waals surface area contributed by atoms with E-state index in [1.165, 1.54) is 18.1 Å². The summed E-state index contributed by atoms with van der Waals surface area (Å²) < 4.78 is 4.78. The van der Waals surface area contributed by atoms with Crippen molar-refractivity contribution in [1.29, 1.82) is 5.26 Å². The van der Waals surface area contributed by atoms with Crippen molar-refractivity contribution in [3.63, 3.8) is 0 Å². The Morgan fingerprint density at radius 3 is 3.05 bits per heavy atom. The van der Waals surface area contributed by atoms with E-state index in [0.717, 1.165) is 17.6 Å². The van der Waals surface area contributed by atoms with Gasteiger partial charge in [0.1, 0.15) is 0 Å². The monoisotopic (exact) mass is 283 g/mol. The van der Waals surface area contributed by atoms with E-state index in [9.17, 15) is 4.79 Å². The van der Waals surface area contributed by atoms with Crippen molar-refractivity contribution in [2.24, 2.45) is 0 Å². The normalized spacial score (nSPS) is 20.8. The van der Waals surface area contributed by atoms with E-state index >= 15 is 0 Å². The molecule has 5 heteroatoms. The van der Waals surface area contributed by atoms with Crippen molar-refractivity contribution in [3.8, 4) is 6.07 Å². The minimum Gasteiger partial charge on any atom is -0.469 e. The molecule has 1 aliphatic heterocycles. The molecule has 0 saturated heterocycles. The zero-order chi connectivity index (χ0) is 14.8. The highest BCUT2D eigenvalue weighted by Gasteiger charge is 2.30. The first kappa shape index (κ1) is 13.7. The number of H-pyrrole nitrogens is 1. The van der Waals surface area contributed by atoms with E-state index in [1.807, 2.05) is 18.2 Å². The van der Waals surface area contributed by atoms with Gasteiger partial charge in [-0.1, -0.05) is 18.2 Å². The van der Waals surface area contributed by atoms with E-state index in [0.29, 0.717) is 6.42 Å². The Kier molecular flexibility index (Phi) is 3.63. The molecule has 2 atom stereocenters. The highest BCUT2D eigenvalue weighted by molar-refractivity contribution is 5.85. The molecule has 5 nitrogen and oxygen atoms in total. The number of aromatic nitrogens is 1. The number of hydrogen-bond donors (Lipinski definition) is 2. The molecule has 2 N–H and O–H groups in total. The van der Waals surface area contributed by atoms with Crippen molar-refractivity contribution in [2.45, 2.75) is 31.3 Å². The summed E-state index contributed by atoms with van der Waals surface area (Å²) in [5.74, 6) is -0.255. The Morgan fingerprint density at radius 2 is 2.29 bits per heavy atom. The third-order valence-corrected chi connectivity index (χ3v) is 4.02. The maximum atomic E-state index is 11.6. The lowest BCUT2D eigenvalue weighted by molar-refractivity contribution is -0.141. The second-order valence-corrected chi connectivity index (χ2v) is 5.33. The summed E-state index contributed by atoms with van der Waals surface area (Å²) in [5, 5.41) is 13.5. The molecule has 0 fully saturated rings. The average Bonchev–Trinajstić information content (AvgIpc) is 2.87. The van der Waals surface area contributed by atoms with E-state index in [4.69, 9.17) is 10.00 Å². The molecule has 0 bridgehead atoms. The van der Waals surface area contributed by atoms with E-state index in [1.54, 1.807) is 0 Å². The average molecular weight is 283 g/mol. The first-order chi connectivity index (χ1) is 10.2. The van der Waals surface area contributed by atoms with Crippen LogP contribution in [0.5, 0.6) is 0 Å². The smallest absolute Gasteiger partial charge is 0.307 e. The topological polar surface area (TPSA) is 77.9 Å². The Hall–Kier alpha value is -2.32. The van der Waals surface area contributed by atoms with Crippen LogP contribution in [-0.2, 0) is 16.0 Å². The van der Waals surface area contributed by atoms with Crippen LogP contribution in [0.1, 0.15) is 30.1 Å². The predicted octanol–water partition coefficient (Wildman–Crippen LogP) is 2.20. The van der Waals surface area contributed by atoms with Gasteiger partial charge in [-0.25, -0.2) is 0 Å². The molecule has 2 aromatic rings. The van der Waals surface area contributed by atoms with Crippen LogP contribution in [0, 0.1) is 11.3 Å². The van der Waals surface area contributed by atoms with Gasteiger partial charge in [-0.3, -0.25) is 4.79 Å². The molecule has 3 rings (SSSR count). The standard InChI is InChI=1S/C16H17N3O2/c1-21-15(20)9-14-16-12(8-10(18-14)6-7-17)11-4-2-3-5-13(11)19-16/h2-5,10,14,18-19H,6,8-9H2,1H3/t10-,14?/m1/s1. The third-order valence-electron chi connectivity index (χ3n) is 4.02. The van der Waals surface area contributed by atoms with Gasteiger partial charge in [-0.2, -0.15) is 5.26 Å². The summed E-state index contributed by atoms with van der Waals surface area (Å²) >= 11 is 0. The lowest BCUT2D eigenvalue weighted by Crippen LogP contribution is -2.40. The van der Waals surface area contributed by atoms with E-state index < -0.39 is 0 Å². The Bertz CT molecular complexity index is 714. The van der Waals surface area contributed by atoms with Crippen molar-refractivity contribution in [3.05, 3.63) is 35.5 Å². The number of nitrogens with zero attached hydrogens (tertiary/aromatic N) is 1. The largest absolute Gasteiger partial charge is 0.469 e. The fraction of sp³-hybridized carbons (Fsp3) is 0.375. The van der Waals surface area contributed by atoms with Crippen LogP contribution in [0.15, 0.2) is 24.3 Å². The number of hydrogen-bond acceptors (Lipinski definition) is 4. The van der Waals surface area contributed by atoms with Crippen molar-refractivity contribution >= 4 is 16.9 Å². The van der Waals surface area contributed by atoms with Gasteiger partial charge in [0, 0.05) is 22.6 Å². The first-order valence-corrected chi connectivity index (χ1v) is 7.02. The number of methoxy groups -OCH3 is 1. The lowest BCUT2D eigenvalue weighted by atomic mass is 9.91. The van der Waals surface area contributed by atoms with Crippen molar-refractivity contribution in [1.82, 2.24) is 10.3 Å². The van der Waals surface area contributed by atoms with Crippen molar-refractivity contribution in [2.75, 3.05) is 7.11 Å². The van der Waals surface area contributed by atoms with Crippen LogP contribution in [0.3, 0.4) is 0 Å². The molecule has 0 radical (unpaired) electrons. The van der Waals surface area contributed by atoms with E-state index in [-0.39, 0.29) is 24.5 Å². The predicted molar refractivity (Wildman–Crippen MR) is 78.5 cm³/mol. The van der Waals surface area contributed by atoms with Gasteiger partial charge in [-0.05, 0) is 18.1 Å². The fourth-order valence-electron chi connectivity index (χ4n) is 3.06. The molecule has 0 amide bonds. The van der Waals surface area contributed by atoms with Crippen LogP contribution >= 0.6 is 0 Å². The molecule has 0 aliphatic carbocycles. The number of rotatable bonds is 3. The van der Waals surface area contributed by atoms with E-state index in [2.05, 4.69) is 22.4 Å². The number of esters is 1. The maximum absolute atomic E-state index is 11.6. The number of aromatic amines is 1. The Labute approximate surface area is 122 Å². The van der Waals surface area contributed by atoms with Gasteiger partial charge in [0.25, 0.3) is 0 Å². The van der Waals surface area contributed by atoms with Crippen LogP contribution < -0.4 is 5.32 Å². The minimum absolute atomic E-state index is 0.0661. The second kappa shape index (κ2) is 5.58. The maximum Gasteiger partial charge on any atom is 0.307 e. The Morgan fingerprint density at radius 1 is 1.48 bits per heavy atom. The molecule has 108 valence electrons. The number of para-hydroxylation sites is 1. The van der Waals surface area contributed by atoms with Gasteiger partial charge in [-0.15, -0.1) is 0 Å². The van der Waals surface area contributed by atoms with Crippen LogP contribution in [0.25, 0.3) is 10.9 Å². The second-order valence-electron chi connectivity index (χ2n) is 5.33. The first-order valence-electron chi connectivity index (χ1n) is 7.02. The Balaban J connectivity index is 2.02. The SMILES string of the molecule is COC(=O)CC1N[C@H](CC#N)Cc2c1[nH]c1ccccc21. The summed E-state index contributed by atoms with van der Waals surface area (Å²) in [7, 11) is 1.39. The zero-order valence-electron chi connectivity index (χ0n) is 11.8. The molecule has 1 aliphatic rings. The van der Waals surface area contributed by atoms with Gasteiger partial charge in [0.2, 0.25) is 0 Å².